The van der Waals surface area contributed by atoms with Crippen molar-refractivity contribution in [3.8, 4) is 17.1 Å². The number of halogens is 4. The summed E-state index contributed by atoms with van der Waals surface area (Å²) in [5.41, 5.74) is 0.0304. The van der Waals surface area contributed by atoms with Crippen molar-refractivity contribution in [3.05, 3.63) is 42.2 Å². The number of carbonyl (C=O) groups excluding carboxylic acids is 1. The molecular formula is C20H18F4N6O5. The van der Waals surface area contributed by atoms with E-state index in [4.69, 9.17) is 9.26 Å². The molecule has 0 bridgehead atoms. The molecule has 1 aliphatic heterocycles. The first-order valence-electron chi connectivity index (χ1n) is 10.1. The van der Waals surface area contributed by atoms with E-state index >= 15 is 0 Å². The highest BCUT2D eigenvalue weighted by atomic mass is 19.4. The number of aliphatic hydroxyl groups is 1. The van der Waals surface area contributed by atoms with Crippen LogP contribution in [0.3, 0.4) is 0 Å². The smallest absolute Gasteiger partial charge is 0.447 e. The summed E-state index contributed by atoms with van der Waals surface area (Å²) in [7, 11) is 0. The van der Waals surface area contributed by atoms with Crippen molar-refractivity contribution < 1.29 is 41.5 Å². The number of hydrogen-bond donors (Lipinski definition) is 2. The Kier molecular flexibility index (Phi) is 6.43. The van der Waals surface area contributed by atoms with Crippen molar-refractivity contribution in [2.75, 3.05) is 16.8 Å². The van der Waals surface area contributed by atoms with Gasteiger partial charge in [0.2, 0.25) is 17.7 Å². The molecule has 1 amide bonds. The molecule has 1 aliphatic rings. The van der Waals surface area contributed by atoms with Gasteiger partial charge in [-0.25, -0.2) is 14.2 Å². The van der Waals surface area contributed by atoms with Crippen LogP contribution in [0.25, 0.3) is 11.4 Å². The predicted molar refractivity (Wildman–Crippen MR) is 110 cm³/mol. The lowest BCUT2D eigenvalue weighted by Crippen LogP contribution is -2.41. The Morgan fingerprint density at radius 1 is 1.26 bits per heavy atom. The van der Waals surface area contributed by atoms with Crippen LogP contribution >= 0.6 is 0 Å². The fraction of sp³-hybridized carbons (Fsp3) is 0.350. The van der Waals surface area contributed by atoms with Gasteiger partial charge in [-0.1, -0.05) is 5.16 Å². The molecule has 2 aromatic heterocycles. The van der Waals surface area contributed by atoms with Gasteiger partial charge in [-0.05, 0) is 38.1 Å². The molecule has 1 fully saturated rings. The number of amides is 1. The number of aliphatic hydroxyl groups excluding tert-OH is 1. The van der Waals surface area contributed by atoms with Crippen molar-refractivity contribution >= 4 is 17.9 Å². The predicted octanol–water partition coefficient (Wildman–Crippen LogP) is 3.44. The Bertz CT molecular complexity index is 1220. The molecule has 11 nitrogen and oxygen atoms in total. The number of nitrogens with one attached hydrogen (secondary N) is 1. The minimum Gasteiger partial charge on any atom is -0.447 e. The van der Waals surface area contributed by atoms with Crippen LogP contribution in [0.1, 0.15) is 25.8 Å². The highest BCUT2D eigenvalue weighted by molar-refractivity contribution is 5.89. The van der Waals surface area contributed by atoms with E-state index in [-0.39, 0.29) is 35.7 Å². The van der Waals surface area contributed by atoms with E-state index in [0.29, 0.717) is 0 Å². The molecule has 3 atom stereocenters. The molecule has 3 heterocycles. The maximum atomic E-state index is 13.7. The van der Waals surface area contributed by atoms with Crippen LogP contribution in [-0.4, -0.2) is 56.4 Å². The molecule has 0 radical (unpaired) electrons. The monoisotopic (exact) mass is 498 g/mol. The summed E-state index contributed by atoms with van der Waals surface area (Å²) >= 11 is 0. The fourth-order valence-electron chi connectivity index (χ4n) is 3.24. The summed E-state index contributed by atoms with van der Waals surface area (Å²) < 4.78 is 64.9. The van der Waals surface area contributed by atoms with Gasteiger partial charge in [0.05, 0.1) is 6.10 Å². The van der Waals surface area contributed by atoms with Crippen molar-refractivity contribution in [1.29, 1.82) is 0 Å². The normalized spacial score (nSPS) is 17.7. The number of cyclic esters (lactones) is 1. The standard InChI is InChI=1S/C20H18F4N6O5/c1-9(26-18-25-6-5-15(27-18)30-13(10(2)31)8-33-19(30)32)17-28-16(29-35-17)11-3-4-12(21)14(7-11)34-20(22,23)24/h3-7,9-10,13,31H,8H2,1-2H3,(H,25,26,27)/t9-,10+,13+/m0/s1. The van der Waals surface area contributed by atoms with E-state index in [1.807, 2.05) is 0 Å². The van der Waals surface area contributed by atoms with Gasteiger partial charge >= 0.3 is 12.5 Å². The number of carbonyl (C=O) groups is 1. The first-order valence-corrected chi connectivity index (χ1v) is 10.1. The van der Waals surface area contributed by atoms with Crippen molar-refractivity contribution in [2.24, 2.45) is 0 Å². The van der Waals surface area contributed by atoms with Gasteiger partial charge < -0.3 is 24.4 Å². The molecule has 2 N–H and O–H groups in total. The number of benzene rings is 1. The van der Waals surface area contributed by atoms with Crippen LogP contribution in [0, 0.1) is 5.82 Å². The second-order valence-corrected chi connectivity index (χ2v) is 7.51. The van der Waals surface area contributed by atoms with E-state index in [1.54, 1.807) is 6.92 Å². The van der Waals surface area contributed by atoms with E-state index in [0.717, 1.165) is 12.1 Å². The first kappa shape index (κ1) is 24.1. The molecule has 0 aliphatic carbocycles. The summed E-state index contributed by atoms with van der Waals surface area (Å²) in [6.07, 6.45) is -5.21. The SMILES string of the molecule is C[C@H](Nc1nccc(N2C(=O)OC[C@@H]2[C@@H](C)O)n1)c1nc(-c2ccc(F)c(OC(F)(F)F)c2)no1. The number of aromatic nitrogens is 4. The van der Waals surface area contributed by atoms with Gasteiger partial charge in [-0.15, -0.1) is 13.2 Å². The molecule has 35 heavy (non-hydrogen) atoms. The average molecular weight is 498 g/mol. The summed E-state index contributed by atoms with van der Waals surface area (Å²) in [5.74, 6) is -2.04. The topological polar surface area (TPSA) is 136 Å². The van der Waals surface area contributed by atoms with Crippen LogP contribution in [0.2, 0.25) is 0 Å². The maximum absolute atomic E-state index is 13.7. The van der Waals surface area contributed by atoms with Crippen LogP contribution < -0.4 is 15.0 Å². The number of nitrogens with zero attached hydrogens (tertiary/aromatic N) is 5. The van der Waals surface area contributed by atoms with Crippen LogP contribution in [-0.2, 0) is 4.74 Å². The van der Waals surface area contributed by atoms with Gasteiger partial charge in [0, 0.05) is 11.8 Å². The minimum absolute atomic E-state index is 0.00351. The van der Waals surface area contributed by atoms with Gasteiger partial charge in [-0.3, -0.25) is 4.90 Å². The lowest BCUT2D eigenvalue weighted by Gasteiger charge is -2.22. The van der Waals surface area contributed by atoms with Gasteiger partial charge in [0.25, 0.3) is 0 Å². The average Bonchev–Trinajstić information content (AvgIpc) is 3.42. The molecule has 0 unspecified atom stereocenters. The zero-order valence-electron chi connectivity index (χ0n) is 18.2. The number of ether oxygens (including phenoxy) is 2. The zero-order valence-corrected chi connectivity index (χ0v) is 18.2. The van der Waals surface area contributed by atoms with Crippen LogP contribution in [0.15, 0.2) is 35.0 Å². The van der Waals surface area contributed by atoms with Gasteiger partial charge in [0.15, 0.2) is 11.6 Å². The van der Waals surface area contributed by atoms with Gasteiger partial charge in [-0.2, -0.15) is 9.97 Å². The summed E-state index contributed by atoms with van der Waals surface area (Å²) in [6.45, 7) is 3.15. The second-order valence-electron chi connectivity index (χ2n) is 7.51. The number of anilines is 2. The lowest BCUT2D eigenvalue weighted by atomic mass is 10.2. The number of rotatable bonds is 7. The van der Waals surface area contributed by atoms with E-state index in [9.17, 15) is 27.5 Å². The molecular weight excluding hydrogens is 480 g/mol. The summed E-state index contributed by atoms with van der Waals surface area (Å²) in [6, 6.07) is 2.94. The fourth-order valence-corrected chi connectivity index (χ4v) is 3.24. The highest BCUT2D eigenvalue weighted by Gasteiger charge is 2.38. The molecule has 0 spiro atoms. The molecule has 186 valence electrons. The number of alkyl halides is 3. The minimum atomic E-state index is -5.07. The van der Waals surface area contributed by atoms with Crippen molar-refractivity contribution in [2.45, 2.75) is 38.4 Å². The Labute approximate surface area is 194 Å². The second kappa shape index (κ2) is 9.32. The first-order chi connectivity index (χ1) is 16.5. The van der Waals surface area contributed by atoms with Crippen molar-refractivity contribution in [3.63, 3.8) is 0 Å². The third kappa shape index (κ3) is 5.40. The molecule has 15 heteroatoms. The lowest BCUT2D eigenvalue weighted by molar-refractivity contribution is -0.275. The molecule has 0 saturated carbocycles. The highest BCUT2D eigenvalue weighted by Crippen LogP contribution is 2.30. The van der Waals surface area contributed by atoms with Crippen LogP contribution in [0.5, 0.6) is 5.75 Å². The van der Waals surface area contributed by atoms with Gasteiger partial charge in [0.1, 0.15) is 24.5 Å². The Hall–Kier alpha value is -4.01. The third-order valence-electron chi connectivity index (χ3n) is 4.92. The van der Waals surface area contributed by atoms with Crippen LogP contribution in [0.4, 0.5) is 34.1 Å². The summed E-state index contributed by atoms with van der Waals surface area (Å²) in [4.78, 5) is 25.8. The van der Waals surface area contributed by atoms with Crippen molar-refractivity contribution in [1.82, 2.24) is 20.1 Å². The summed E-state index contributed by atoms with van der Waals surface area (Å²) in [5, 5.41) is 16.5. The molecule has 1 saturated heterocycles. The van der Waals surface area contributed by atoms with E-state index in [2.05, 4.69) is 30.2 Å². The Morgan fingerprint density at radius 3 is 2.74 bits per heavy atom. The maximum Gasteiger partial charge on any atom is 0.573 e. The quantitative estimate of drug-likeness (QED) is 0.466. The zero-order chi connectivity index (χ0) is 25.3. The largest absolute Gasteiger partial charge is 0.573 e. The third-order valence-corrected chi connectivity index (χ3v) is 4.92. The van der Waals surface area contributed by atoms with E-state index in [1.165, 1.54) is 30.2 Å². The molecule has 1 aromatic carbocycles. The number of hydrogen-bond acceptors (Lipinski definition) is 10. The van der Waals surface area contributed by atoms with E-state index < -0.39 is 42.2 Å². The molecule has 4 rings (SSSR count). The Morgan fingerprint density at radius 2 is 2.03 bits per heavy atom. The molecule has 3 aromatic rings. The Balaban J connectivity index is 1.50.